The van der Waals surface area contributed by atoms with Crippen molar-refractivity contribution in [2.75, 3.05) is 26.8 Å². The smallest absolute Gasteiger partial charge is 0.196 e. The molecule has 2 heterocycles. The lowest BCUT2D eigenvalue weighted by atomic mass is 10.3. The molecule has 0 fully saturated rings. The monoisotopic (exact) mass is 292 g/mol. The van der Waals surface area contributed by atoms with Crippen LogP contribution in [0.4, 0.5) is 0 Å². The lowest BCUT2D eigenvalue weighted by molar-refractivity contribution is 0.199. The molecule has 6 heteroatoms. The van der Waals surface area contributed by atoms with E-state index in [1.54, 1.807) is 13.3 Å². The molecule has 6 nitrogen and oxygen atoms in total. The summed E-state index contributed by atoms with van der Waals surface area (Å²) in [6.45, 7) is 7.38. The first-order chi connectivity index (χ1) is 10.3. The van der Waals surface area contributed by atoms with Crippen LogP contribution in [-0.2, 0) is 24.1 Å². The maximum Gasteiger partial charge on any atom is 0.196 e. The summed E-state index contributed by atoms with van der Waals surface area (Å²) in [6, 6.07) is 2.07. The van der Waals surface area contributed by atoms with Crippen LogP contribution in [0.1, 0.15) is 25.4 Å². The van der Waals surface area contributed by atoms with Gasteiger partial charge in [0.25, 0.3) is 0 Å². The zero-order valence-electron chi connectivity index (χ0n) is 13.1. The first-order valence-corrected chi connectivity index (χ1v) is 7.49. The number of aryl methyl sites for hydroxylation is 2. The lowest BCUT2D eigenvalue weighted by Gasteiger charge is -2.02. The standard InChI is InChI=1S/C15H24N4O2/c1-4-12-10-13(19(5-2)18-12)14-11-17-15(21-14)6-7-16-8-9-20-3/h10-11,16H,4-9H2,1-3H3. The zero-order valence-corrected chi connectivity index (χ0v) is 13.1. The molecular formula is C15H24N4O2. The summed E-state index contributed by atoms with van der Waals surface area (Å²) in [7, 11) is 1.70. The van der Waals surface area contributed by atoms with Gasteiger partial charge in [0.15, 0.2) is 11.7 Å². The summed E-state index contributed by atoms with van der Waals surface area (Å²) in [6.07, 6.45) is 3.47. The van der Waals surface area contributed by atoms with Gasteiger partial charge in [-0.3, -0.25) is 4.68 Å². The molecule has 2 aromatic rings. The van der Waals surface area contributed by atoms with E-state index in [4.69, 9.17) is 9.15 Å². The van der Waals surface area contributed by atoms with E-state index < -0.39 is 0 Å². The zero-order chi connectivity index (χ0) is 15.1. The van der Waals surface area contributed by atoms with Gasteiger partial charge in [0.1, 0.15) is 5.69 Å². The van der Waals surface area contributed by atoms with E-state index in [1.807, 2.05) is 4.68 Å². The normalized spacial score (nSPS) is 11.2. The molecule has 0 aliphatic rings. The number of methoxy groups -OCH3 is 1. The lowest BCUT2D eigenvalue weighted by Crippen LogP contribution is -2.21. The molecule has 0 radical (unpaired) electrons. The van der Waals surface area contributed by atoms with Gasteiger partial charge in [-0.2, -0.15) is 5.10 Å². The molecule has 0 amide bonds. The van der Waals surface area contributed by atoms with Gasteiger partial charge in [-0.1, -0.05) is 6.92 Å². The molecule has 1 N–H and O–H groups in total. The maximum atomic E-state index is 5.83. The van der Waals surface area contributed by atoms with E-state index in [0.29, 0.717) is 6.61 Å². The van der Waals surface area contributed by atoms with E-state index in [0.717, 1.165) is 55.5 Å². The third-order valence-electron chi connectivity index (χ3n) is 3.30. The van der Waals surface area contributed by atoms with Crippen molar-refractivity contribution >= 4 is 0 Å². The van der Waals surface area contributed by atoms with Crippen molar-refractivity contribution in [3.8, 4) is 11.5 Å². The van der Waals surface area contributed by atoms with Gasteiger partial charge in [-0.25, -0.2) is 4.98 Å². The van der Waals surface area contributed by atoms with Crippen molar-refractivity contribution in [3.05, 3.63) is 23.8 Å². The fourth-order valence-corrected chi connectivity index (χ4v) is 2.12. The third kappa shape index (κ3) is 4.15. The first-order valence-electron chi connectivity index (χ1n) is 7.49. The Morgan fingerprint density at radius 2 is 2.19 bits per heavy atom. The number of hydrogen-bond acceptors (Lipinski definition) is 5. The van der Waals surface area contributed by atoms with Crippen molar-refractivity contribution in [1.29, 1.82) is 0 Å². The minimum absolute atomic E-state index is 0.715. The van der Waals surface area contributed by atoms with Crippen molar-refractivity contribution in [2.45, 2.75) is 33.2 Å². The van der Waals surface area contributed by atoms with E-state index in [1.165, 1.54) is 0 Å². The molecule has 0 aliphatic carbocycles. The predicted octanol–water partition coefficient (Wildman–Crippen LogP) is 1.90. The molecule has 0 bridgehead atoms. The second kappa shape index (κ2) is 7.95. The molecule has 0 aromatic carbocycles. The van der Waals surface area contributed by atoms with E-state index in [-0.39, 0.29) is 0 Å². The van der Waals surface area contributed by atoms with Crippen LogP contribution in [0.2, 0.25) is 0 Å². The number of rotatable bonds is 9. The Labute approximate surface area is 125 Å². The van der Waals surface area contributed by atoms with Gasteiger partial charge in [0, 0.05) is 33.2 Å². The Morgan fingerprint density at radius 3 is 2.90 bits per heavy atom. The Morgan fingerprint density at radius 1 is 1.33 bits per heavy atom. The molecular weight excluding hydrogens is 268 g/mol. The predicted molar refractivity (Wildman–Crippen MR) is 81.2 cm³/mol. The molecule has 2 aromatic heterocycles. The summed E-state index contributed by atoms with van der Waals surface area (Å²) < 4.78 is 12.8. The van der Waals surface area contributed by atoms with Crippen LogP contribution in [0.25, 0.3) is 11.5 Å². The third-order valence-corrected chi connectivity index (χ3v) is 3.30. The fraction of sp³-hybridized carbons (Fsp3) is 0.600. The van der Waals surface area contributed by atoms with Gasteiger partial charge in [-0.15, -0.1) is 0 Å². The Kier molecular flexibility index (Phi) is 5.95. The average molecular weight is 292 g/mol. The molecule has 0 saturated carbocycles. The molecule has 21 heavy (non-hydrogen) atoms. The number of hydrogen-bond donors (Lipinski definition) is 1. The first kappa shape index (κ1) is 15.7. The largest absolute Gasteiger partial charge is 0.439 e. The minimum Gasteiger partial charge on any atom is -0.439 e. The number of nitrogens with one attached hydrogen (secondary N) is 1. The van der Waals surface area contributed by atoms with Crippen LogP contribution in [0, 0.1) is 0 Å². The van der Waals surface area contributed by atoms with Gasteiger partial charge < -0.3 is 14.5 Å². The van der Waals surface area contributed by atoms with Gasteiger partial charge in [0.05, 0.1) is 18.5 Å². The van der Waals surface area contributed by atoms with E-state index in [2.05, 4.69) is 35.3 Å². The van der Waals surface area contributed by atoms with Crippen LogP contribution < -0.4 is 5.32 Å². The molecule has 0 unspecified atom stereocenters. The highest BCUT2D eigenvalue weighted by Crippen LogP contribution is 2.22. The molecule has 0 aliphatic heterocycles. The van der Waals surface area contributed by atoms with Crippen molar-refractivity contribution in [1.82, 2.24) is 20.1 Å². The van der Waals surface area contributed by atoms with Crippen LogP contribution >= 0.6 is 0 Å². The summed E-state index contributed by atoms with van der Waals surface area (Å²) in [5.41, 5.74) is 2.08. The van der Waals surface area contributed by atoms with E-state index in [9.17, 15) is 0 Å². The molecule has 2 rings (SSSR count). The summed E-state index contributed by atoms with van der Waals surface area (Å²) in [5, 5.41) is 7.81. The van der Waals surface area contributed by atoms with Crippen molar-refractivity contribution in [2.24, 2.45) is 0 Å². The highest BCUT2D eigenvalue weighted by Gasteiger charge is 2.13. The van der Waals surface area contributed by atoms with Crippen LogP contribution in [0.3, 0.4) is 0 Å². The number of ether oxygens (including phenoxy) is 1. The molecule has 0 atom stereocenters. The Balaban J connectivity index is 1.97. The quantitative estimate of drug-likeness (QED) is 0.715. The van der Waals surface area contributed by atoms with Gasteiger partial charge in [0.2, 0.25) is 0 Å². The second-order valence-electron chi connectivity index (χ2n) is 4.80. The van der Waals surface area contributed by atoms with Crippen molar-refractivity contribution < 1.29 is 9.15 Å². The Bertz CT molecular complexity index is 548. The molecule has 0 spiro atoms. The summed E-state index contributed by atoms with van der Waals surface area (Å²) in [5.74, 6) is 1.53. The SMILES string of the molecule is CCc1cc(-c2cnc(CCNCCOC)o2)n(CC)n1. The maximum absolute atomic E-state index is 5.83. The summed E-state index contributed by atoms with van der Waals surface area (Å²) >= 11 is 0. The van der Waals surface area contributed by atoms with Crippen LogP contribution in [-0.4, -0.2) is 41.6 Å². The number of nitrogens with zero attached hydrogens (tertiary/aromatic N) is 3. The molecule has 0 saturated heterocycles. The average Bonchev–Trinajstić information content (AvgIpc) is 3.12. The number of oxazole rings is 1. The van der Waals surface area contributed by atoms with Gasteiger partial charge >= 0.3 is 0 Å². The Hall–Kier alpha value is -1.66. The highest BCUT2D eigenvalue weighted by molar-refractivity contribution is 5.52. The van der Waals surface area contributed by atoms with E-state index >= 15 is 0 Å². The number of aromatic nitrogens is 3. The van der Waals surface area contributed by atoms with Crippen molar-refractivity contribution in [3.63, 3.8) is 0 Å². The summed E-state index contributed by atoms with van der Waals surface area (Å²) in [4.78, 5) is 4.34. The van der Waals surface area contributed by atoms with Gasteiger partial charge in [-0.05, 0) is 19.4 Å². The fourth-order valence-electron chi connectivity index (χ4n) is 2.12. The second-order valence-corrected chi connectivity index (χ2v) is 4.80. The van der Waals surface area contributed by atoms with Crippen LogP contribution in [0.15, 0.2) is 16.7 Å². The van der Waals surface area contributed by atoms with Crippen LogP contribution in [0.5, 0.6) is 0 Å². The molecule has 116 valence electrons. The topological polar surface area (TPSA) is 65.1 Å². The minimum atomic E-state index is 0.715. The highest BCUT2D eigenvalue weighted by atomic mass is 16.5.